The van der Waals surface area contributed by atoms with E-state index in [-0.39, 0.29) is 24.3 Å². The zero-order chi connectivity index (χ0) is 17.3. The summed E-state index contributed by atoms with van der Waals surface area (Å²) in [4.78, 5) is 46.0. The van der Waals surface area contributed by atoms with Crippen LogP contribution in [0.15, 0.2) is 0 Å². The molecule has 126 valence electrons. The Hall–Kier alpha value is -1.97. The number of carbonyl (C=O) groups excluding carboxylic acids is 3. The maximum absolute atomic E-state index is 12.8. The van der Waals surface area contributed by atoms with Crippen molar-refractivity contribution in [2.75, 3.05) is 26.6 Å². The number of amides is 2. The predicted octanol–water partition coefficient (Wildman–Crippen LogP) is -0.228. The zero-order valence-corrected chi connectivity index (χ0v) is 11.7. The first-order chi connectivity index (χ1) is 10.3. The minimum atomic E-state index is -2.98. The molecule has 0 saturated heterocycles. The minimum Gasteiger partial charge on any atom is -0.479 e. The molecule has 0 aliphatic carbocycles. The number of Topliss-reactive ketones (excluding diaryl/α,β-unsaturated/α-hetero) is 1. The number of nitrogens with zero attached hydrogens (tertiary/aromatic N) is 1. The maximum atomic E-state index is 12.8. The van der Waals surface area contributed by atoms with Gasteiger partial charge in [0.2, 0.25) is 11.3 Å². The van der Waals surface area contributed by atoms with Crippen LogP contribution in [-0.4, -0.2) is 65.7 Å². The molecule has 0 bridgehead atoms. The van der Waals surface area contributed by atoms with Gasteiger partial charge in [-0.1, -0.05) is 0 Å². The van der Waals surface area contributed by atoms with E-state index in [4.69, 9.17) is 5.73 Å². The molecule has 0 rings (SSSR count). The fraction of sp³-hybridized carbons (Fsp3) is 0.667. The molecule has 0 spiro atoms. The molecule has 0 aliphatic rings. The molecule has 0 fully saturated rings. The third-order valence-corrected chi connectivity index (χ3v) is 3.04. The van der Waals surface area contributed by atoms with Gasteiger partial charge in [0.15, 0.2) is 20.0 Å². The third-order valence-electron chi connectivity index (χ3n) is 3.04. The van der Waals surface area contributed by atoms with Crippen LogP contribution in [0.3, 0.4) is 0 Å². The van der Waals surface area contributed by atoms with Crippen molar-refractivity contribution in [2.45, 2.75) is 24.8 Å². The summed E-state index contributed by atoms with van der Waals surface area (Å²) >= 11 is 0. The van der Waals surface area contributed by atoms with E-state index in [1.54, 1.807) is 0 Å². The normalized spacial score (nSPS) is 13.3. The number of carbonyl (C=O) groups is 4. The number of aliphatic carboxylic acids is 1. The molecule has 0 aromatic carbocycles. The Balaban J connectivity index is 6.03. The number of rotatable bonds is 10. The standard InChI is InChI=1S/C12H17F3N2O5/c13-5-8(18)12(11(21)22,3-1-2-4-16)17(9(19)6-14)10(20)7-15/h1-7,16H2,(H,21,22)/t12-/m1/s1. The van der Waals surface area contributed by atoms with Crippen LogP contribution in [-0.2, 0) is 19.2 Å². The second kappa shape index (κ2) is 9.13. The van der Waals surface area contributed by atoms with Gasteiger partial charge in [0.05, 0.1) is 0 Å². The van der Waals surface area contributed by atoms with E-state index in [1.807, 2.05) is 0 Å². The van der Waals surface area contributed by atoms with E-state index in [1.165, 1.54) is 0 Å². The molecule has 0 radical (unpaired) electrons. The average Bonchev–Trinajstić information content (AvgIpc) is 2.51. The highest BCUT2D eigenvalue weighted by Crippen LogP contribution is 2.26. The fourth-order valence-electron chi connectivity index (χ4n) is 2.02. The van der Waals surface area contributed by atoms with Crippen molar-refractivity contribution in [3.63, 3.8) is 0 Å². The second-order valence-corrected chi connectivity index (χ2v) is 4.36. The van der Waals surface area contributed by atoms with Gasteiger partial charge in [0.1, 0.15) is 0 Å². The summed E-state index contributed by atoms with van der Waals surface area (Å²) < 4.78 is 38.0. The molecular formula is C12H17F3N2O5. The Kier molecular flexibility index (Phi) is 8.31. The Morgan fingerprint density at radius 2 is 1.45 bits per heavy atom. The number of carboxylic acid groups (broad SMARTS) is 1. The molecule has 0 saturated carbocycles. The number of carboxylic acids is 1. The van der Waals surface area contributed by atoms with Crippen molar-refractivity contribution in [3.05, 3.63) is 0 Å². The van der Waals surface area contributed by atoms with E-state index in [0.717, 1.165) is 0 Å². The quantitative estimate of drug-likeness (QED) is 0.423. The SMILES string of the molecule is NCCCC[C@](C(=O)O)(C(=O)CF)N(C(=O)CF)C(=O)CF. The van der Waals surface area contributed by atoms with E-state index in [2.05, 4.69) is 0 Å². The summed E-state index contributed by atoms with van der Waals surface area (Å²) in [6, 6.07) is 0. The first-order valence-corrected chi connectivity index (χ1v) is 6.34. The van der Waals surface area contributed by atoms with Gasteiger partial charge in [-0.05, 0) is 25.8 Å². The number of ketones is 1. The van der Waals surface area contributed by atoms with Crippen LogP contribution in [0.1, 0.15) is 19.3 Å². The lowest BCUT2D eigenvalue weighted by molar-refractivity contribution is -0.172. The highest BCUT2D eigenvalue weighted by Gasteiger charge is 2.54. The Bertz CT molecular complexity index is 430. The Morgan fingerprint density at radius 3 is 1.77 bits per heavy atom. The number of halogens is 3. The molecule has 3 N–H and O–H groups in total. The third kappa shape index (κ3) is 4.03. The van der Waals surface area contributed by atoms with Crippen molar-refractivity contribution in [1.82, 2.24) is 4.90 Å². The zero-order valence-electron chi connectivity index (χ0n) is 11.7. The average molecular weight is 326 g/mol. The van der Waals surface area contributed by atoms with E-state index >= 15 is 0 Å². The monoisotopic (exact) mass is 326 g/mol. The van der Waals surface area contributed by atoms with Crippen molar-refractivity contribution >= 4 is 23.6 Å². The van der Waals surface area contributed by atoms with Crippen molar-refractivity contribution in [1.29, 1.82) is 0 Å². The van der Waals surface area contributed by atoms with Crippen LogP contribution >= 0.6 is 0 Å². The molecule has 1 atom stereocenters. The summed E-state index contributed by atoms with van der Waals surface area (Å²) in [5.41, 5.74) is 2.24. The van der Waals surface area contributed by atoms with Gasteiger partial charge < -0.3 is 10.8 Å². The van der Waals surface area contributed by atoms with Gasteiger partial charge in [-0.3, -0.25) is 19.3 Å². The van der Waals surface area contributed by atoms with E-state index in [9.17, 15) is 37.5 Å². The van der Waals surface area contributed by atoms with Crippen LogP contribution in [0.5, 0.6) is 0 Å². The van der Waals surface area contributed by atoms with Crippen LogP contribution < -0.4 is 5.73 Å². The largest absolute Gasteiger partial charge is 0.479 e. The lowest BCUT2D eigenvalue weighted by atomic mass is 9.85. The lowest BCUT2D eigenvalue weighted by Gasteiger charge is -2.36. The van der Waals surface area contributed by atoms with E-state index < -0.39 is 55.6 Å². The molecule has 0 unspecified atom stereocenters. The molecule has 7 nitrogen and oxygen atoms in total. The van der Waals surface area contributed by atoms with Crippen LogP contribution in [0.4, 0.5) is 13.2 Å². The van der Waals surface area contributed by atoms with Gasteiger partial charge in [0, 0.05) is 0 Å². The summed E-state index contributed by atoms with van der Waals surface area (Å²) in [7, 11) is 0. The summed E-state index contributed by atoms with van der Waals surface area (Å²) in [5, 5.41) is 9.27. The summed E-state index contributed by atoms with van der Waals surface area (Å²) in [6.07, 6.45) is -0.542. The van der Waals surface area contributed by atoms with Gasteiger partial charge in [-0.15, -0.1) is 0 Å². The molecule has 22 heavy (non-hydrogen) atoms. The number of alkyl halides is 3. The van der Waals surface area contributed by atoms with Crippen LogP contribution in [0.2, 0.25) is 0 Å². The van der Waals surface area contributed by atoms with Crippen LogP contribution in [0, 0.1) is 0 Å². The molecule has 0 aromatic heterocycles. The molecule has 10 heteroatoms. The Labute approximate surface area is 124 Å². The Morgan fingerprint density at radius 1 is 0.955 bits per heavy atom. The smallest absolute Gasteiger partial charge is 0.338 e. The van der Waals surface area contributed by atoms with Crippen molar-refractivity contribution in [3.8, 4) is 0 Å². The maximum Gasteiger partial charge on any atom is 0.338 e. The first-order valence-electron chi connectivity index (χ1n) is 6.34. The number of nitrogens with two attached hydrogens (primary N) is 1. The highest BCUT2D eigenvalue weighted by molar-refractivity contribution is 6.15. The van der Waals surface area contributed by atoms with Gasteiger partial charge in [-0.2, -0.15) is 0 Å². The van der Waals surface area contributed by atoms with Gasteiger partial charge >= 0.3 is 5.97 Å². The molecule has 0 aliphatic heterocycles. The van der Waals surface area contributed by atoms with Crippen molar-refractivity contribution in [2.24, 2.45) is 5.73 Å². The number of hydrogen-bond donors (Lipinski definition) is 2. The minimum absolute atomic E-state index is 0.0653. The second-order valence-electron chi connectivity index (χ2n) is 4.36. The number of unbranched alkanes of at least 4 members (excludes halogenated alkanes) is 1. The fourth-order valence-corrected chi connectivity index (χ4v) is 2.02. The summed E-state index contributed by atoms with van der Waals surface area (Å²) in [6.45, 7) is -5.38. The summed E-state index contributed by atoms with van der Waals surface area (Å²) in [5.74, 6) is -7.12. The lowest BCUT2D eigenvalue weighted by Crippen LogP contribution is -2.65. The van der Waals surface area contributed by atoms with Gasteiger partial charge in [0.25, 0.3) is 11.8 Å². The number of imide groups is 1. The first kappa shape index (κ1) is 20.0. The van der Waals surface area contributed by atoms with E-state index in [0.29, 0.717) is 0 Å². The molecular weight excluding hydrogens is 309 g/mol. The molecule has 0 heterocycles. The number of hydrogen-bond acceptors (Lipinski definition) is 5. The van der Waals surface area contributed by atoms with Gasteiger partial charge in [-0.25, -0.2) is 18.0 Å². The van der Waals surface area contributed by atoms with Crippen LogP contribution in [0.25, 0.3) is 0 Å². The topological polar surface area (TPSA) is 118 Å². The molecule has 0 aromatic rings. The highest BCUT2D eigenvalue weighted by atomic mass is 19.1. The predicted molar refractivity (Wildman–Crippen MR) is 68.1 cm³/mol. The van der Waals surface area contributed by atoms with Crippen molar-refractivity contribution < 1.29 is 37.5 Å². The molecule has 2 amide bonds.